The first-order chi connectivity index (χ1) is 6.97. The fraction of sp³-hybridized carbons (Fsp3) is 0.857. The lowest BCUT2D eigenvalue weighted by Crippen LogP contribution is -2.43. The van der Waals surface area contributed by atoms with Crippen LogP contribution in [0.5, 0.6) is 0 Å². The molecule has 0 bridgehead atoms. The van der Waals surface area contributed by atoms with Crippen molar-refractivity contribution in [1.29, 1.82) is 0 Å². The summed E-state index contributed by atoms with van der Waals surface area (Å²) < 4.78 is 30.3. The summed E-state index contributed by atoms with van der Waals surface area (Å²) in [7, 11) is -3.79. The largest absolute Gasteiger partial charge is 0.448 e. The maximum atomic E-state index is 11.4. The molecule has 8 heteroatoms. The number of rotatable bonds is 6. The molecule has 0 aliphatic heterocycles. The van der Waals surface area contributed by atoms with Crippen LogP contribution in [-0.4, -0.2) is 44.4 Å². The number of hydrogen-bond donors (Lipinski definition) is 1. The van der Waals surface area contributed by atoms with E-state index in [2.05, 4.69) is 4.74 Å². The Morgan fingerprint density at radius 1 is 1.40 bits per heavy atom. The quantitative estimate of drug-likeness (QED) is 0.706. The molecule has 90 valence electrons. The van der Waals surface area contributed by atoms with E-state index < -0.39 is 16.3 Å². The highest BCUT2D eigenvalue weighted by Crippen LogP contribution is 1.97. The highest BCUT2D eigenvalue weighted by molar-refractivity contribution is 7.87. The smallest absolute Gasteiger partial charge is 0.421 e. The third-order valence-corrected chi connectivity index (χ3v) is 3.34. The molecule has 0 saturated heterocycles. The molecule has 0 saturated carbocycles. The van der Waals surface area contributed by atoms with Crippen LogP contribution in [-0.2, 0) is 14.9 Å². The van der Waals surface area contributed by atoms with Gasteiger partial charge in [0.1, 0.15) is 6.61 Å². The van der Waals surface area contributed by atoms with E-state index >= 15 is 0 Å². The van der Waals surface area contributed by atoms with Gasteiger partial charge in [0.05, 0.1) is 5.88 Å². The summed E-state index contributed by atoms with van der Waals surface area (Å²) in [6.45, 7) is 3.89. The topological polar surface area (TPSA) is 75.7 Å². The number of amides is 1. The van der Waals surface area contributed by atoms with Gasteiger partial charge in [-0.05, 0) is 0 Å². The summed E-state index contributed by atoms with van der Waals surface area (Å²) in [5, 5.41) is 0. The van der Waals surface area contributed by atoms with Crippen LogP contribution in [0, 0.1) is 0 Å². The lowest BCUT2D eigenvalue weighted by Gasteiger charge is -2.18. The van der Waals surface area contributed by atoms with E-state index in [1.165, 1.54) is 0 Å². The third-order valence-electron chi connectivity index (χ3n) is 1.57. The summed E-state index contributed by atoms with van der Waals surface area (Å²) >= 11 is 5.27. The molecule has 0 aliphatic carbocycles. The van der Waals surface area contributed by atoms with Gasteiger partial charge in [0.15, 0.2) is 0 Å². The van der Waals surface area contributed by atoms with Gasteiger partial charge in [-0.15, -0.1) is 11.6 Å². The SMILES string of the molecule is CCN(CC)S(=O)(=O)NC(=O)OCCCl. The van der Waals surface area contributed by atoms with Crippen LogP contribution in [0.15, 0.2) is 0 Å². The molecule has 0 unspecified atom stereocenters. The Kier molecular flexibility index (Phi) is 6.62. The van der Waals surface area contributed by atoms with Crippen molar-refractivity contribution in [3.63, 3.8) is 0 Å². The zero-order valence-electron chi connectivity index (χ0n) is 8.69. The fourth-order valence-corrected chi connectivity index (χ4v) is 2.05. The van der Waals surface area contributed by atoms with Gasteiger partial charge in [-0.1, -0.05) is 13.8 Å². The Labute approximate surface area is 94.7 Å². The minimum absolute atomic E-state index is 0.0266. The molecule has 15 heavy (non-hydrogen) atoms. The van der Waals surface area contributed by atoms with Gasteiger partial charge in [-0.25, -0.2) is 9.52 Å². The van der Waals surface area contributed by atoms with Crippen molar-refractivity contribution in [2.24, 2.45) is 0 Å². The van der Waals surface area contributed by atoms with Crippen molar-refractivity contribution < 1.29 is 17.9 Å². The molecule has 0 spiro atoms. The summed E-state index contributed by atoms with van der Waals surface area (Å²) in [5.41, 5.74) is 0. The predicted octanol–water partition coefficient (Wildman–Crippen LogP) is 0.538. The minimum Gasteiger partial charge on any atom is -0.448 e. The Morgan fingerprint density at radius 2 is 1.93 bits per heavy atom. The van der Waals surface area contributed by atoms with E-state index in [4.69, 9.17) is 11.6 Å². The van der Waals surface area contributed by atoms with Crippen LogP contribution >= 0.6 is 11.6 Å². The molecule has 0 radical (unpaired) electrons. The second kappa shape index (κ2) is 6.86. The van der Waals surface area contributed by atoms with Crippen LogP contribution in [0.2, 0.25) is 0 Å². The van der Waals surface area contributed by atoms with E-state index in [9.17, 15) is 13.2 Å². The number of ether oxygens (including phenoxy) is 1. The number of carbonyl (C=O) groups excluding carboxylic acids is 1. The molecular formula is C7H15ClN2O4S. The Morgan fingerprint density at radius 3 is 2.33 bits per heavy atom. The van der Waals surface area contributed by atoms with Crippen molar-refractivity contribution >= 4 is 27.9 Å². The van der Waals surface area contributed by atoms with Gasteiger partial charge in [0.25, 0.3) is 0 Å². The monoisotopic (exact) mass is 258 g/mol. The lowest BCUT2D eigenvalue weighted by molar-refractivity contribution is 0.159. The summed E-state index contributed by atoms with van der Waals surface area (Å²) in [4.78, 5) is 11.0. The average molecular weight is 259 g/mol. The van der Waals surface area contributed by atoms with Crippen molar-refractivity contribution in [1.82, 2.24) is 9.03 Å². The van der Waals surface area contributed by atoms with Gasteiger partial charge in [-0.3, -0.25) is 0 Å². The van der Waals surface area contributed by atoms with Crippen molar-refractivity contribution in [2.75, 3.05) is 25.6 Å². The molecule has 1 N–H and O–H groups in total. The predicted molar refractivity (Wildman–Crippen MR) is 57.0 cm³/mol. The second-order valence-corrected chi connectivity index (χ2v) is 4.56. The first-order valence-electron chi connectivity index (χ1n) is 4.48. The Hall–Kier alpha value is -0.530. The maximum Gasteiger partial charge on any atom is 0.421 e. The molecule has 0 aromatic carbocycles. The number of nitrogens with one attached hydrogen (secondary N) is 1. The second-order valence-electron chi connectivity index (χ2n) is 2.52. The molecule has 0 aliphatic rings. The number of hydrogen-bond acceptors (Lipinski definition) is 4. The highest BCUT2D eigenvalue weighted by atomic mass is 35.5. The van der Waals surface area contributed by atoms with E-state index in [1.54, 1.807) is 18.6 Å². The summed E-state index contributed by atoms with van der Waals surface area (Å²) in [6.07, 6.45) is -1.01. The molecule has 1 amide bonds. The molecule has 0 fully saturated rings. The Balaban J connectivity index is 4.30. The Bertz CT molecular complexity index is 289. The van der Waals surface area contributed by atoms with Gasteiger partial charge in [-0.2, -0.15) is 12.7 Å². The highest BCUT2D eigenvalue weighted by Gasteiger charge is 2.21. The van der Waals surface area contributed by atoms with E-state index in [0.29, 0.717) is 0 Å². The zero-order chi connectivity index (χ0) is 11.9. The van der Waals surface area contributed by atoms with E-state index in [-0.39, 0.29) is 25.6 Å². The first kappa shape index (κ1) is 14.5. The summed E-state index contributed by atoms with van der Waals surface area (Å²) in [5.74, 6) is 0.124. The summed E-state index contributed by atoms with van der Waals surface area (Å²) in [6, 6.07) is 0. The lowest BCUT2D eigenvalue weighted by atomic mass is 10.7. The van der Waals surface area contributed by atoms with Crippen LogP contribution in [0.3, 0.4) is 0 Å². The zero-order valence-corrected chi connectivity index (χ0v) is 10.3. The van der Waals surface area contributed by atoms with Gasteiger partial charge in [0.2, 0.25) is 0 Å². The number of nitrogens with zero attached hydrogens (tertiary/aromatic N) is 1. The molecule has 0 aromatic rings. The minimum atomic E-state index is -3.79. The van der Waals surface area contributed by atoms with Crippen molar-refractivity contribution in [3.05, 3.63) is 0 Å². The maximum absolute atomic E-state index is 11.4. The third kappa shape index (κ3) is 5.19. The molecule has 0 rings (SSSR count). The molecule has 0 atom stereocenters. The molecule has 0 aromatic heterocycles. The van der Waals surface area contributed by atoms with Crippen molar-refractivity contribution in [3.8, 4) is 0 Å². The van der Waals surface area contributed by atoms with E-state index in [1.807, 2.05) is 0 Å². The number of halogens is 1. The van der Waals surface area contributed by atoms with Gasteiger partial charge >= 0.3 is 16.3 Å². The average Bonchev–Trinajstić information content (AvgIpc) is 2.15. The first-order valence-corrected chi connectivity index (χ1v) is 6.46. The van der Waals surface area contributed by atoms with Crippen LogP contribution in [0.1, 0.15) is 13.8 Å². The van der Waals surface area contributed by atoms with Gasteiger partial charge in [0, 0.05) is 13.1 Å². The number of alkyl halides is 1. The van der Waals surface area contributed by atoms with Gasteiger partial charge < -0.3 is 4.74 Å². The molecular weight excluding hydrogens is 244 g/mol. The standard InChI is InChI=1S/C7H15ClN2O4S/c1-3-10(4-2)15(12,13)9-7(11)14-6-5-8/h3-6H2,1-2H3,(H,9,11). The van der Waals surface area contributed by atoms with Crippen LogP contribution in [0.25, 0.3) is 0 Å². The van der Waals surface area contributed by atoms with E-state index in [0.717, 1.165) is 4.31 Å². The van der Waals surface area contributed by atoms with Crippen LogP contribution in [0.4, 0.5) is 4.79 Å². The van der Waals surface area contributed by atoms with Crippen LogP contribution < -0.4 is 4.72 Å². The fourth-order valence-electron chi connectivity index (χ4n) is 0.894. The molecule has 6 nitrogen and oxygen atoms in total. The molecule has 0 heterocycles. The number of carbonyl (C=O) groups is 1. The van der Waals surface area contributed by atoms with Crippen molar-refractivity contribution in [2.45, 2.75) is 13.8 Å². The normalized spacial score (nSPS) is 11.5.